The van der Waals surface area contributed by atoms with Crippen molar-refractivity contribution in [3.05, 3.63) is 41.6 Å². The molecule has 1 aromatic heterocycles. The largest absolute Gasteiger partial charge is 0.439 e. The maximum atomic E-state index is 9.02. The lowest BCUT2D eigenvalue weighted by Gasteiger charge is -2.22. The molecule has 0 unspecified atom stereocenters. The summed E-state index contributed by atoms with van der Waals surface area (Å²) < 4.78 is 5.78. The zero-order valence-electron chi connectivity index (χ0n) is 11.7. The smallest absolute Gasteiger partial charge is 0.224 e. The number of aromatic nitrogens is 2. The lowest BCUT2D eigenvalue weighted by molar-refractivity contribution is 0.439. The van der Waals surface area contributed by atoms with Gasteiger partial charge in [-0.25, -0.2) is 4.98 Å². The van der Waals surface area contributed by atoms with Crippen molar-refractivity contribution in [2.45, 2.75) is 26.2 Å². The fourth-order valence-corrected chi connectivity index (χ4v) is 1.80. The van der Waals surface area contributed by atoms with Crippen molar-refractivity contribution in [3.63, 3.8) is 0 Å². The zero-order valence-corrected chi connectivity index (χ0v) is 11.7. The number of nitriles is 1. The van der Waals surface area contributed by atoms with Crippen LogP contribution < -0.4 is 10.5 Å². The van der Waals surface area contributed by atoms with Gasteiger partial charge in [0.15, 0.2) is 0 Å². The van der Waals surface area contributed by atoms with Gasteiger partial charge in [0.25, 0.3) is 0 Å². The average molecular weight is 268 g/mol. The van der Waals surface area contributed by atoms with Gasteiger partial charge in [-0.1, -0.05) is 20.8 Å². The molecule has 0 amide bonds. The first-order valence-electron chi connectivity index (χ1n) is 6.21. The number of nitrogens with zero attached hydrogens (tertiary/aromatic N) is 3. The van der Waals surface area contributed by atoms with Gasteiger partial charge in [0, 0.05) is 17.8 Å². The summed E-state index contributed by atoms with van der Waals surface area (Å²) in [5.41, 5.74) is 6.92. The molecule has 2 aromatic rings. The van der Waals surface area contributed by atoms with Crippen molar-refractivity contribution in [2.75, 3.05) is 5.73 Å². The van der Waals surface area contributed by atoms with E-state index >= 15 is 0 Å². The van der Waals surface area contributed by atoms with E-state index in [4.69, 9.17) is 15.7 Å². The molecular formula is C15H16N4O. The third-order valence-electron chi connectivity index (χ3n) is 2.78. The summed E-state index contributed by atoms with van der Waals surface area (Å²) in [6.07, 6.45) is 1.54. The molecule has 20 heavy (non-hydrogen) atoms. The minimum absolute atomic E-state index is 0.152. The number of hydrogen-bond acceptors (Lipinski definition) is 5. The summed E-state index contributed by atoms with van der Waals surface area (Å²) in [4.78, 5) is 7.84. The summed E-state index contributed by atoms with van der Waals surface area (Å²) in [5.74, 6) is 1.20. The van der Waals surface area contributed by atoms with Gasteiger partial charge < -0.3 is 10.5 Å². The number of benzene rings is 1. The predicted octanol–water partition coefficient (Wildman–Crippen LogP) is 3.02. The molecular weight excluding hydrogens is 252 g/mol. The Bertz CT molecular complexity index is 668. The van der Waals surface area contributed by atoms with Crippen molar-refractivity contribution in [1.29, 1.82) is 5.26 Å². The second-order valence-electron chi connectivity index (χ2n) is 5.43. The summed E-state index contributed by atoms with van der Waals surface area (Å²) in [6, 6.07) is 9.10. The van der Waals surface area contributed by atoms with Gasteiger partial charge in [0.1, 0.15) is 5.75 Å². The number of anilines is 1. The van der Waals surface area contributed by atoms with Crippen LogP contribution in [0.1, 0.15) is 31.9 Å². The number of nitrogens with two attached hydrogens (primary N) is 1. The Labute approximate surface area is 118 Å². The Morgan fingerprint density at radius 2 is 2.00 bits per heavy atom. The third kappa shape index (κ3) is 3.04. The zero-order chi connectivity index (χ0) is 14.8. The van der Waals surface area contributed by atoms with Crippen molar-refractivity contribution >= 4 is 5.95 Å². The van der Waals surface area contributed by atoms with E-state index in [1.807, 2.05) is 6.07 Å². The van der Waals surface area contributed by atoms with Gasteiger partial charge in [0.2, 0.25) is 11.8 Å². The lowest BCUT2D eigenvalue weighted by atomic mass is 9.85. The van der Waals surface area contributed by atoms with E-state index in [1.54, 1.807) is 18.2 Å². The Balaban J connectivity index is 2.44. The molecule has 5 heteroatoms. The van der Waals surface area contributed by atoms with Gasteiger partial charge in [-0.05, 0) is 23.6 Å². The van der Waals surface area contributed by atoms with Crippen molar-refractivity contribution in [1.82, 2.24) is 9.97 Å². The van der Waals surface area contributed by atoms with E-state index in [-0.39, 0.29) is 11.4 Å². The van der Waals surface area contributed by atoms with E-state index in [0.717, 1.165) is 5.56 Å². The van der Waals surface area contributed by atoms with Gasteiger partial charge in [-0.3, -0.25) is 0 Å². The van der Waals surface area contributed by atoms with E-state index in [1.165, 1.54) is 6.20 Å². The molecule has 0 aliphatic carbocycles. The summed E-state index contributed by atoms with van der Waals surface area (Å²) in [6.45, 7) is 6.18. The van der Waals surface area contributed by atoms with Crippen molar-refractivity contribution in [3.8, 4) is 17.7 Å². The fraction of sp³-hybridized carbons (Fsp3) is 0.267. The van der Waals surface area contributed by atoms with Crippen LogP contribution in [0.5, 0.6) is 11.6 Å². The van der Waals surface area contributed by atoms with Crippen LogP contribution in [-0.4, -0.2) is 9.97 Å². The van der Waals surface area contributed by atoms with Crippen LogP contribution >= 0.6 is 0 Å². The minimum Gasteiger partial charge on any atom is -0.439 e. The maximum Gasteiger partial charge on any atom is 0.224 e. The molecule has 102 valence electrons. The minimum atomic E-state index is -0.152. The quantitative estimate of drug-likeness (QED) is 0.904. The SMILES string of the molecule is CC(C)(C)c1cc(C#N)ccc1Oc1ccnc(N)n1. The predicted molar refractivity (Wildman–Crippen MR) is 76.4 cm³/mol. The summed E-state index contributed by atoms with van der Waals surface area (Å²) >= 11 is 0. The Hall–Kier alpha value is -2.61. The standard InChI is InChI=1S/C15H16N4O/c1-15(2,3)11-8-10(9-16)4-5-12(11)20-13-6-7-18-14(17)19-13/h4-8H,1-3H3,(H2,17,18,19). The first-order valence-corrected chi connectivity index (χ1v) is 6.21. The molecule has 2 rings (SSSR count). The molecule has 0 spiro atoms. The third-order valence-corrected chi connectivity index (χ3v) is 2.78. The molecule has 5 nitrogen and oxygen atoms in total. The summed E-state index contributed by atoms with van der Waals surface area (Å²) in [7, 11) is 0. The van der Waals surface area contributed by atoms with Crippen LogP contribution in [-0.2, 0) is 5.41 Å². The van der Waals surface area contributed by atoms with Crippen LogP contribution in [0, 0.1) is 11.3 Å². The maximum absolute atomic E-state index is 9.02. The normalized spacial score (nSPS) is 10.9. The Morgan fingerprint density at radius 3 is 2.60 bits per heavy atom. The molecule has 0 bridgehead atoms. The average Bonchev–Trinajstić information content (AvgIpc) is 2.38. The fourth-order valence-electron chi connectivity index (χ4n) is 1.80. The van der Waals surface area contributed by atoms with E-state index in [2.05, 4.69) is 36.8 Å². The number of hydrogen-bond donors (Lipinski definition) is 1. The van der Waals surface area contributed by atoms with Crippen molar-refractivity contribution in [2.24, 2.45) is 0 Å². The highest BCUT2D eigenvalue weighted by molar-refractivity contribution is 5.46. The molecule has 0 atom stereocenters. The molecule has 2 N–H and O–H groups in total. The number of rotatable bonds is 2. The number of ether oxygens (including phenoxy) is 1. The van der Waals surface area contributed by atoms with Crippen LogP contribution in [0.2, 0.25) is 0 Å². The summed E-state index contributed by atoms with van der Waals surface area (Å²) in [5, 5.41) is 9.02. The molecule has 1 heterocycles. The monoisotopic (exact) mass is 268 g/mol. The Kier molecular flexibility index (Phi) is 3.57. The highest BCUT2D eigenvalue weighted by atomic mass is 16.5. The van der Waals surface area contributed by atoms with E-state index < -0.39 is 0 Å². The van der Waals surface area contributed by atoms with Crippen LogP contribution in [0.25, 0.3) is 0 Å². The molecule has 0 fully saturated rings. The van der Waals surface area contributed by atoms with Gasteiger partial charge in [-0.2, -0.15) is 10.2 Å². The molecule has 1 aromatic carbocycles. The first-order chi connectivity index (χ1) is 9.40. The second-order valence-corrected chi connectivity index (χ2v) is 5.43. The second kappa shape index (κ2) is 5.17. The highest BCUT2D eigenvalue weighted by Gasteiger charge is 2.20. The van der Waals surface area contributed by atoms with Gasteiger partial charge in [-0.15, -0.1) is 0 Å². The topological polar surface area (TPSA) is 84.8 Å². The van der Waals surface area contributed by atoms with E-state index in [0.29, 0.717) is 17.2 Å². The van der Waals surface area contributed by atoms with Crippen LogP contribution in [0.4, 0.5) is 5.95 Å². The van der Waals surface area contributed by atoms with Crippen LogP contribution in [0.3, 0.4) is 0 Å². The number of nitrogen functional groups attached to an aromatic ring is 1. The van der Waals surface area contributed by atoms with Gasteiger partial charge >= 0.3 is 0 Å². The lowest BCUT2D eigenvalue weighted by Crippen LogP contribution is -2.13. The van der Waals surface area contributed by atoms with Crippen LogP contribution in [0.15, 0.2) is 30.5 Å². The van der Waals surface area contributed by atoms with E-state index in [9.17, 15) is 0 Å². The molecule has 0 saturated heterocycles. The first kappa shape index (κ1) is 13.8. The molecule has 0 saturated carbocycles. The molecule has 0 aliphatic heterocycles. The molecule has 0 aliphatic rings. The van der Waals surface area contributed by atoms with Gasteiger partial charge in [0.05, 0.1) is 11.6 Å². The highest BCUT2D eigenvalue weighted by Crippen LogP contribution is 2.34. The Morgan fingerprint density at radius 1 is 1.25 bits per heavy atom. The van der Waals surface area contributed by atoms with Crippen molar-refractivity contribution < 1.29 is 4.74 Å². The molecule has 0 radical (unpaired) electrons.